The summed E-state index contributed by atoms with van der Waals surface area (Å²) in [6.07, 6.45) is 3.77. The summed E-state index contributed by atoms with van der Waals surface area (Å²) in [6.45, 7) is 21.3. The van der Waals surface area contributed by atoms with Crippen molar-refractivity contribution >= 4 is 0 Å². The molecule has 0 saturated heterocycles. The van der Waals surface area contributed by atoms with Crippen LogP contribution >= 0.6 is 0 Å². The smallest absolute Gasteiger partial charge is 0.0658 e. The first kappa shape index (κ1) is 21.9. The number of rotatable bonds is 11. The van der Waals surface area contributed by atoms with E-state index in [0.29, 0.717) is 6.10 Å². The van der Waals surface area contributed by atoms with Crippen molar-refractivity contribution in [3.8, 4) is 0 Å². The number of hydrogen-bond acceptors (Lipinski definition) is 3. The van der Waals surface area contributed by atoms with Crippen molar-refractivity contribution in [1.82, 2.24) is 0 Å². The van der Waals surface area contributed by atoms with E-state index in [4.69, 9.17) is 14.2 Å². The maximum Gasteiger partial charge on any atom is 0.0658 e. The van der Waals surface area contributed by atoms with Crippen LogP contribution in [0.15, 0.2) is 0 Å². The highest BCUT2D eigenvalue weighted by Crippen LogP contribution is 2.29. The zero-order valence-corrected chi connectivity index (χ0v) is 16.7. The third kappa shape index (κ3) is 10.6. The Bertz CT molecular complexity index is 297. The molecule has 0 spiro atoms. The summed E-state index contributed by atoms with van der Waals surface area (Å²) in [6, 6.07) is 0. The molecule has 0 aromatic heterocycles. The second-order valence-corrected chi connectivity index (χ2v) is 8.19. The third-order valence-corrected chi connectivity index (χ3v) is 3.65. The molecule has 3 heteroatoms. The summed E-state index contributed by atoms with van der Waals surface area (Å²) in [5.41, 5.74) is -0.429. The lowest BCUT2D eigenvalue weighted by molar-refractivity contribution is -0.161. The molecule has 0 fully saturated rings. The van der Waals surface area contributed by atoms with Gasteiger partial charge >= 0.3 is 0 Å². The van der Waals surface area contributed by atoms with Crippen LogP contribution < -0.4 is 0 Å². The first-order valence-electron chi connectivity index (χ1n) is 8.88. The van der Waals surface area contributed by atoms with Crippen molar-refractivity contribution in [1.29, 1.82) is 0 Å². The Hall–Kier alpha value is -0.120. The fourth-order valence-electron chi connectivity index (χ4n) is 3.27. The van der Waals surface area contributed by atoms with Crippen molar-refractivity contribution in [3.05, 3.63) is 0 Å². The number of hydrogen-bond donors (Lipinski definition) is 0. The molecule has 0 radical (unpaired) electrons. The SMILES string of the molecule is CCC(C)OC(C)CC(C)(C)OC(C)(C)CC(C)OC(C)C. The van der Waals surface area contributed by atoms with Gasteiger partial charge in [0, 0.05) is 12.8 Å². The van der Waals surface area contributed by atoms with Crippen LogP contribution in [0, 0.1) is 0 Å². The van der Waals surface area contributed by atoms with Crippen LogP contribution in [0.2, 0.25) is 0 Å². The van der Waals surface area contributed by atoms with Crippen LogP contribution in [-0.2, 0) is 14.2 Å². The predicted octanol–water partition coefficient (Wildman–Crippen LogP) is 5.36. The lowest BCUT2D eigenvalue weighted by atomic mass is 9.96. The molecule has 0 rings (SSSR count). The summed E-state index contributed by atoms with van der Waals surface area (Å²) in [5, 5.41) is 0. The molecule has 0 aliphatic rings. The van der Waals surface area contributed by atoms with Crippen molar-refractivity contribution in [2.75, 3.05) is 0 Å². The van der Waals surface area contributed by atoms with Crippen LogP contribution in [-0.4, -0.2) is 35.6 Å². The van der Waals surface area contributed by atoms with Crippen LogP contribution in [0.25, 0.3) is 0 Å². The molecule has 22 heavy (non-hydrogen) atoms. The van der Waals surface area contributed by atoms with Crippen molar-refractivity contribution in [2.24, 2.45) is 0 Å². The normalized spacial score (nSPS) is 17.6. The van der Waals surface area contributed by atoms with Gasteiger partial charge in [0.25, 0.3) is 0 Å². The minimum Gasteiger partial charge on any atom is -0.376 e. The van der Waals surface area contributed by atoms with Gasteiger partial charge in [-0.05, 0) is 68.7 Å². The Morgan fingerprint density at radius 3 is 1.45 bits per heavy atom. The molecule has 3 unspecified atom stereocenters. The highest BCUT2D eigenvalue weighted by Gasteiger charge is 2.32. The van der Waals surface area contributed by atoms with Gasteiger partial charge in [0.15, 0.2) is 0 Å². The summed E-state index contributed by atoms with van der Waals surface area (Å²) >= 11 is 0. The van der Waals surface area contributed by atoms with Gasteiger partial charge in [-0.25, -0.2) is 0 Å². The fourth-order valence-corrected chi connectivity index (χ4v) is 3.27. The van der Waals surface area contributed by atoms with E-state index >= 15 is 0 Å². The second-order valence-electron chi connectivity index (χ2n) is 8.19. The monoisotopic (exact) mass is 316 g/mol. The highest BCUT2D eigenvalue weighted by molar-refractivity contribution is 4.81. The molecule has 0 heterocycles. The van der Waals surface area contributed by atoms with Gasteiger partial charge < -0.3 is 14.2 Å². The van der Waals surface area contributed by atoms with E-state index in [-0.39, 0.29) is 29.5 Å². The zero-order chi connectivity index (χ0) is 17.6. The first-order chi connectivity index (χ1) is 9.87. The molecule has 0 aliphatic heterocycles. The Morgan fingerprint density at radius 1 is 0.682 bits per heavy atom. The first-order valence-corrected chi connectivity index (χ1v) is 8.88. The van der Waals surface area contributed by atoms with E-state index in [9.17, 15) is 0 Å². The molecule has 3 nitrogen and oxygen atoms in total. The molecule has 0 aromatic carbocycles. The summed E-state index contributed by atoms with van der Waals surface area (Å²) < 4.78 is 18.2. The topological polar surface area (TPSA) is 27.7 Å². The Labute approximate surface area is 139 Å². The van der Waals surface area contributed by atoms with E-state index in [2.05, 4.69) is 69.2 Å². The molecule has 0 aromatic rings. The lowest BCUT2D eigenvalue weighted by Gasteiger charge is -2.39. The van der Waals surface area contributed by atoms with Crippen molar-refractivity contribution in [2.45, 2.75) is 124 Å². The lowest BCUT2D eigenvalue weighted by Crippen LogP contribution is -2.41. The van der Waals surface area contributed by atoms with Crippen molar-refractivity contribution < 1.29 is 14.2 Å². The molecule has 0 N–H and O–H groups in total. The standard InChI is InChI=1S/C19H40O3/c1-11-15(4)21-17(6)13-19(9,10)22-18(7,8)12-16(5)20-14(2)3/h14-17H,11-13H2,1-10H3. The maximum absolute atomic E-state index is 6.40. The summed E-state index contributed by atoms with van der Waals surface area (Å²) in [5.74, 6) is 0. The average molecular weight is 317 g/mol. The van der Waals surface area contributed by atoms with E-state index in [1.807, 2.05) is 0 Å². The Kier molecular flexibility index (Phi) is 9.19. The Morgan fingerprint density at radius 2 is 1.09 bits per heavy atom. The summed E-state index contributed by atoms with van der Waals surface area (Å²) in [7, 11) is 0. The molecule has 0 amide bonds. The predicted molar refractivity (Wildman–Crippen MR) is 94.5 cm³/mol. The van der Waals surface area contributed by atoms with E-state index in [0.717, 1.165) is 19.3 Å². The average Bonchev–Trinajstić information content (AvgIpc) is 2.22. The van der Waals surface area contributed by atoms with E-state index < -0.39 is 0 Å². The van der Waals surface area contributed by atoms with Gasteiger partial charge in [0.05, 0.1) is 35.6 Å². The van der Waals surface area contributed by atoms with Crippen LogP contribution in [0.1, 0.15) is 88.5 Å². The quantitative estimate of drug-likeness (QED) is 0.514. The van der Waals surface area contributed by atoms with Gasteiger partial charge in [-0.3, -0.25) is 0 Å². The van der Waals surface area contributed by atoms with Gasteiger partial charge in [0.2, 0.25) is 0 Å². The molecule has 0 aliphatic carbocycles. The van der Waals surface area contributed by atoms with Gasteiger partial charge in [-0.15, -0.1) is 0 Å². The van der Waals surface area contributed by atoms with Gasteiger partial charge in [-0.2, -0.15) is 0 Å². The maximum atomic E-state index is 6.40. The molecular formula is C19H40O3. The summed E-state index contributed by atoms with van der Waals surface area (Å²) in [4.78, 5) is 0. The number of ether oxygens (including phenoxy) is 3. The Balaban J connectivity index is 4.47. The van der Waals surface area contributed by atoms with Crippen LogP contribution in [0.4, 0.5) is 0 Å². The molecule has 0 saturated carbocycles. The molecule has 0 bridgehead atoms. The minimum absolute atomic E-state index is 0.194. The molecule has 134 valence electrons. The fraction of sp³-hybridized carbons (Fsp3) is 1.00. The van der Waals surface area contributed by atoms with Crippen LogP contribution in [0.3, 0.4) is 0 Å². The second kappa shape index (κ2) is 9.24. The molecular weight excluding hydrogens is 276 g/mol. The zero-order valence-electron chi connectivity index (χ0n) is 16.7. The van der Waals surface area contributed by atoms with Gasteiger partial charge in [-0.1, -0.05) is 6.92 Å². The minimum atomic E-state index is -0.214. The van der Waals surface area contributed by atoms with Gasteiger partial charge in [0.1, 0.15) is 0 Å². The molecule has 3 atom stereocenters. The third-order valence-electron chi connectivity index (χ3n) is 3.65. The highest BCUT2D eigenvalue weighted by atomic mass is 16.5. The van der Waals surface area contributed by atoms with Crippen molar-refractivity contribution in [3.63, 3.8) is 0 Å². The largest absolute Gasteiger partial charge is 0.376 e. The van der Waals surface area contributed by atoms with Crippen LogP contribution in [0.5, 0.6) is 0 Å². The van der Waals surface area contributed by atoms with E-state index in [1.165, 1.54) is 0 Å². The van der Waals surface area contributed by atoms with E-state index in [1.54, 1.807) is 0 Å².